The van der Waals surface area contributed by atoms with E-state index in [0.717, 1.165) is 31.3 Å². The maximum atomic E-state index is 14.4. The number of carbonyl (C=O) groups excluding carboxylic acids is 1. The lowest BCUT2D eigenvalue weighted by molar-refractivity contribution is -0.123. The van der Waals surface area contributed by atoms with E-state index in [0.29, 0.717) is 24.3 Å². The van der Waals surface area contributed by atoms with Gasteiger partial charge in [0.15, 0.2) is 5.78 Å². The van der Waals surface area contributed by atoms with Crippen molar-refractivity contribution in [2.24, 2.45) is 11.8 Å². The Labute approximate surface area is 149 Å². The van der Waals surface area contributed by atoms with Crippen LogP contribution in [0.2, 0.25) is 0 Å². The third-order valence-corrected chi connectivity index (χ3v) is 5.76. The van der Waals surface area contributed by atoms with Gasteiger partial charge in [-0.25, -0.2) is 4.39 Å². The summed E-state index contributed by atoms with van der Waals surface area (Å²) in [6.07, 6.45) is 5.80. The van der Waals surface area contributed by atoms with Crippen molar-refractivity contribution in [1.29, 1.82) is 0 Å². The van der Waals surface area contributed by atoms with E-state index in [1.165, 1.54) is 13.2 Å². The molecular formula is C21H27FO3. The summed E-state index contributed by atoms with van der Waals surface area (Å²) in [7, 11) is 1.53. The van der Waals surface area contributed by atoms with E-state index in [1.54, 1.807) is 12.1 Å². The number of benzene rings is 1. The Morgan fingerprint density at radius 1 is 1.44 bits per heavy atom. The van der Waals surface area contributed by atoms with Gasteiger partial charge < -0.3 is 9.47 Å². The van der Waals surface area contributed by atoms with Crippen molar-refractivity contribution >= 4 is 5.78 Å². The highest BCUT2D eigenvalue weighted by atomic mass is 19.1. The van der Waals surface area contributed by atoms with Crippen molar-refractivity contribution in [2.75, 3.05) is 13.7 Å². The van der Waals surface area contributed by atoms with Gasteiger partial charge in [-0.05, 0) is 54.9 Å². The first-order chi connectivity index (χ1) is 12.0. The van der Waals surface area contributed by atoms with Gasteiger partial charge >= 0.3 is 0 Å². The van der Waals surface area contributed by atoms with Crippen LogP contribution >= 0.6 is 0 Å². The molecule has 1 aliphatic heterocycles. The van der Waals surface area contributed by atoms with Gasteiger partial charge in [-0.2, -0.15) is 0 Å². The molecule has 0 radical (unpaired) electrons. The molecule has 4 heteroatoms. The fourth-order valence-electron chi connectivity index (χ4n) is 4.36. The molecule has 25 heavy (non-hydrogen) atoms. The van der Waals surface area contributed by atoms with Gasteiger partial charge in [0.1, 0.15) is 11.6 Å². The summed E-state index contributed by atoms with van der Waals surface area (Å²) < 4.78 is 25.7. The van der Waals surface area contributed by atoms with Gasteiger partial charge in [-0.1, -0.05) is 26.3 Å². The lowest BCUT2D eigenvalue weighted by Gasteiger charge is -2.41. The van der Waals surface area contributed by atoms with E-state index >= 15 is 0 Å². The topological polar surface area (TPSA) is 35.5 Å². The molecule has 0 aromatic heterocycles. The van der Waals surface area contributed by atoms with Crippen molar-refractivity contribution in [3.05, 3.63) is 41.2 Å². The minimum atomic E-state index is -0.417. The normalized spacial score (nSPS) is 27.0. The molecule has 1 fully saturated rings. The second-order valence-corrected chi connectivity index (χ2v) is 7.31. The number of methoxy groups -OCH3 is 1. The highest BCUT2D eigenvalue weighted by molar-refractivity contribution is 5.94. The first kappa shape index (κ1) is 18.1. The molecule has 3 rings (SSSR count). The third-order valence-electron chi connectivity index (χ3n) is 5.76. The van der Waals surface area contributed by atoms with Crippen LogP contribution < -0.4 is 4.74 Å². The van der Waals surface area contributed by atoms with E-state index in [-0.39, 0.29) is 23.4 Å². The van der Waals surface area contributed by atoms with Crippen LogP contribution in [0.3, 0.4) is 0 Å². The third kappa shape index (κ3) is 3.37. The molecule has 0 N–H and O–H groups in total. The molecule has 1 aromatic rings. The summed E-state index contributed by atoms with van der Waals surface area (Å²) >= 11 is 0. The Balaban J connectivity index is 1.85. The van der Waals surface area contributed by atoms with Gasteiger partial charge in [0.05, 0.1) is 19.3 Å². The summed E-state index contributed by atoms with van der Waals surface area (Å²) in [5.74, 6) is 0.645. The monoisotopic (exact) mass is 346 g/mol. The minimum Gasteiger partial charge on any atom is -0.497 e. The van der Waals surface area contributed by atoms with Crippen LogP contribution in [-0.4, -0.2) is 25.1 Å². The zero-order valence-corrected chi connectivity index (χ0v) is 15.3. The van der Waals surface area contributed by atoms with Gasteiger partial charge in [0.25, 0.3) is 0 Å². The second kappa shape index (κ2) is 7.28. The van der Waals surface area contributed by atoms with Crippen LogP contribution in [0.1, 0.15) is 45.1 Å². The Kier molecular flexibility index (Phi) is 5.28. The smallest absolute Gasteiger partial charge is 0.158 e. The number of halogens is 1. The van der Waals surface area contributed by atoms with Crippen LogP contribution in [0, 0.1) is 17.7 Å². The van der Waals surface area contributed by atoms with Crippen LogP contribution in [0.15, 0.2) is 29.8 Å². The van der Waals surface area contributed by atoms with Crippen molar-refractivity contribution < 1.29 is 18.7 Å². The average Bonchev–Trinajstić information content (AvgIpc) is 3.01. The maximum absolute atomic E-state index is 14.4. The summed E-state index contributed by atoms with van der Waals surface area (Å²) in [4.78, 5) is 12.4. The van der Waals surface area contributed by atoms with E-state index in [1.807, 2.05) is 6.08 Å². The fraction of sp³-hybridized carbons (Fsp3) is 0.571. The quantitative estimate of drug-likeness (QED) is 0.761. The lowest BCUT2D eigenvalue weighted by Crippen LogP contribution is -2.44. The van der Waals surface area contributed by atoms with Crippen molar-refractivity contribution in [3.8, 4) is 5.75 Å². The van der Waals surface area contributed by atoms with Crippen molar-refractivity contribution in [1.82, 2.24) is 0 Å². The Bertz CT molecular complexity index is 682. The average molecular weight is 346 g/mol. The zero-order valence-electron chi connectivity index (χ0n) is 15.3. The molecule has 3 atom stereocenters. The number of rotatable bonds is 6. The van der Waals surface area contributed by atoms with E-state index in [9.17, 15) is 9.18 Å². The van der Waals surface area contributed by atoms with Crippen molar-refractivity contribution in [2.45, 2.75) is 51.6 Å². The number of fused-ring (bicyclic) bond motifs is 1. The van der Waals surface area contributed by atoms with E-state index in [4.69, 9.17) is 9.47 Å². The predicted octanol–water partition coefficient (Wildman–Crippen LogP) is 4.49. The van der Waals surface area contributed by atoms with E-state index < -0.39 is 5.60 Å². The van der Waals surface area contributed by atoms with Crippen LogP contribution in [0.25, 0.3) is 0 Å². The Hall–Kier alpha value is -1.68. The molecule has 0 bridgehead atoms. The molecular weight excluding hydrogens is 319 g/mol. The molecule has 3 nitrogen and oxygen atoms in total. The number of allylic oxidation sites excluding steroid dienone is 1. The Morgan fingerprint density at radius 3 is 2.92 bits per heavy atom. The summed E-state index contributed by atoms with van der Waals surface area (Å²) in [6, 6.07) is 5.01. The van der Waals surface area contributed by atoms with Crippen molar-refractivity contribution in [3.63, 3.8) is 0 Å². The predicted molar refractivity (Wildman–Crippen MR) is 95.2 cm³/mol. The molecule has 1 aromatic carbocycles. The first-order valence-electron chi connectivity index (χ1n) is 9.21. The highest BCUT2D eigenvalue weighted by Crippen LogP contribution is 2.47. The molecule has 1 aliphatic carbocycles. The molecule has 1 saturated heterocycles. The van der Waals surface area contributed by atoms with Gasteiger partial charge in [-0.3, -0.25) is 4.79 Å². The maximum Gasteiger partial charge on any atom is 0.158 e. The van der Waals surface area contributed by atoms with E-state index in [2.05, 4.69) is 13.8 Å². The molecule has 0 saturated carbocycles. The Morgan fingerprint density at radius 2 is 2.24 bits per heavy atom. The minimum absolute atomic E-state index is 0.0232. The number of hydrogen-bond acceptors (Lipinski definition) is 3. The summed E-state index contributed by atoms with van der Waals surface area (Å²) in [6.45, 7) is 4.86. The number of carbonyl (C=O) groups is 1. The molecule has 0 amide bonds. The lowest BCUT2D eigenvalue weighted by atomic mass is 9.68. The number of ketones is 1. The zero-order chi connectivity index (χ0) is 18.0. The largest absolute Gasteiger partial charge is 0.497 e. The molecule has 1 heterocycles. The molecule has 0 unspecified atom stereocenters. The number of hydrogen-bond donors (Lipinski definition) is 0. The summed E-state index contributed by atoms with van der Waals surface area (Å²) in [5, 5.41) is 0. The molecule has 136 valence electrons. The fourth-order valence-corrected chi connectivity index (χ4v) is 4.36. The number of ether oxygens (including phenoxy) is 2. The molecule has 2 aliphatic rings. The standard InChI is InChI=1S/C21H27FO3/c1-4-5-16-13-21(17(8-9-25-21)11-20(16)23)14(2)10-15-6-7-18(24-3)12-19(15)22/h6-7,11-12,14,16H,4-5,8-10,13H2,1-3H3/t14-,16+,21-/m1/s1. The van der Waals surface area contributed by atoms with Gasteiger partial charge in [-0.15, -0.1) is 0 Å². The van der Waals surface area contributed by atoms with Gasteiger partial charge in [0.2, 0.25) is 0 Å². The van der Waals surface area contributed by atoms with Crippen LogP contribution in [-0.2, 0) is 16.0 Å². The van der Waals surface area contributed by atoms with Crippen LogP contribution in [0.4, 0.5) is 4.39 Å². The second-order valence-electron chi connectivity index (χ2n) is 7.31. The first-order valence-corrected chi connectivity index (χ1v) is 9.21. The SMILES string of the molecule is CCC[C@H]1C[C@]2([C@H](C)Cc3ccc(OC)cc3F)OCCC2=CC1=O. The van der Waals surface area contributed by atoms with Gasteiger partial charge in [0, 0.05) is 12.0 Å². The molecule has 0 spiro atoms. The van der Waals surface area contributed by atoms with Crippen LogP contribution in [0.5, 0.6) is 5.75 Å². The summed E-state index contributed by atoms with van der Waals surface area (Å²) in [5.41, 5.74) is 1.35. The highest BCUT2D eigenvalue weighted by Gasteiger charge is 2.49.